The lowest BCUT2D eigenvalue weighted by atomic mass is 10.0. The Morgan fingerprint density at radius 3 is 2.34 bits per heavy atom. The number of benzene rings is 1. The lowest BCUT2D eigenvalue weighted by molar-refractivity contribution is -0.141. The van der Waals surface area contributed by atoms with Crippen LogP contribution in [0, 0.1) is 6.92 Å². The number of urea groups is 1. The van der Waals surface area contributed by atoms with E-state index in [0.717, 1.165) is 23.4 Å². The lowest BCUT2D eigenvalue weighted by Crippen LogP contribution is -2.48. The number of rotatable bonds is 6. The SMILES string of the molecule is Cc1ccc(C2=NN(C(=O)NC(C)c3ccc(C(F)(F)F)nc3)C[C@@H]2N(C)C(=O)CN(C)C)cc1. The molecular formula is C24H29F3N6O2. The maximum Gasteiger partial charge on any atom is 0.433 e. The van der Waals surface area contributed by atoms with Crippen molar-refractivity contribution in [2.75, 3.05) is 34.2 Å². The number of aromatic nitrogens is 1. The lowest BCUT2D eigenvalue weighted by Gasteiger charge is -2.27. The molecule has 1 aliphatic heterocycles. The number of halogens is 3. The summed E-state index contributed by atoms with van der Waals surface area (Å²) in [5.41, 5.74) is 1.86. The molecule has 0 fully saturated rings. The Kier molecular flexibility index (Phi) is 7.79. The second-order valence-electron chi connectivity index (χ2n) is 8.84. The highest BCUT2D eigenvalue weighted by Gasteiger charge is 2.36. The minimum atomic E-state index is -4.54. The molecule has 1 aromatic heterocycles. The summed E-state index contributed by atoms with van der Waals surface area (Å²) < 4.78 is 38.3. The first-order chi connectivity index (χ1) is 16.4. The fourth-order valence-corrected chi connectivity index (χ4v) is 3.62. The van der Waals surface area contributed by atoms with Crippen LogP contribution in [0.3, 0.4) is 0 Å². The molecule has 0 bridgehead atoms. The number of pyridine rings is 1. The summed E-state index contributed by atoms with van der Waals surface area (Å²) in [6.07, 6.45) is -3.44. The zero-order chi connectivity index (χ0) is 25.9. The molecule has 8 nitrogen and oxygen atoms in total. The van der Waals surface area contributed by atoms with E-state index in [9.17, 15) is 22.8 Å². The minimum Gasteiger partial charge on any atom is -0.334 e. The predicted octanol–water partition coefficient (Wildman–Crippen LogP) is 3.29. The molecule has 0 spiro atoms. The van der Waals surface area contributed by atoms with Crippen LogP contribution in [0.4, 0.5) is 18.0 Å². The molecule has 35 heavy (non-hydrogen) atoms. The van der Waals surface area contributed by atoms with Gasteiger partial charge < -0.3 is 15.1 Å². The number of alkyl halides is 3. The monoisotopic (exact) mass is 490 g/mol. The number of carbonyl (C=O) groups excluding carboxylic acids is 2. The summed E-state index contributed by atoms with van der Waals surface area (Å²) >= 11 is 0. The molecule has 11 heteroatoms. The molecule has 188 valence electrons. The van der Waals surface area contributed by atoms with Gasteiger partial charge in [-0.25, -0.2) is 9.80 Å². The maximum atomic E-state index is 13.0. The number of hydrogen-bond acceptors (Lipinski definition) is 5. The highest BCUT2D eigenvalue weighted by atomic mass is 19.4. The van der Waals surface area contributed by atoms with Gasteiger partial charge in [0.05, 0.1) is 30.9 Å². The molecule has 0 saturated heterocycles. The van der Waals surface area contributed by atoms with Crippen molar-refractivity contribution in [2.45, 2.75) is 32.1 Å². The number of nitrogens with zero attached hydrogens (tertiary/aromatic N) is 5. The average molecular weight is 491 g/mol. The summed E-state index contributed by atoms with van der Waals surface area (Å²) in [5.74, 6) is -0.119. The summed E-state index contributed by atoms with van der Waals surface area (Å²) in [4.78, 5) is 32.5. The summed E-state index contributed by atoms with van der Waals surface area (Å²) in [6, 6.07) is 8.20. The third-order valence-electron chi connectivity index (χ3n) is 5.70. The zero-order valence-electron chi connectivity index (χ0n) is 20.3. The molecule has 2 heterocycles. The van der Waals surface area contributed by atoms with Gasteiger partial charge in [0.15, 0.2) is 0 Å². The van der Waals surface area contributed by atoms with Gasteiger partial charge in [0.1, 0.15) is 5.69 Å². The van der Waals surface area contributed by atoms with E-state index in [1.165, 1.54) is 11.1 Å². The van der Waals surface area contributed by atoms with E-state index in [4.69, 9.17) is 0 Å². The van der Waals surface area contributed by atoms with Crippen LogP contribution in [0.25, 0.3) is 0 Å². The van der Waals surface area contributed by atoms with Crippen LogP contribution in [0.5, 0.6) is 0 Å². The molecular weight excluding hydrogens is 461 g/mol. The van der Waals surface area contributed by atoms with Gasteiger partial charge in [-0.1, -0.05) is 35.9 Å². The molecule has 0 radical (unpaired) electrons. The summed E-state index contributed by atoms with van der Waals surface area (Å²) in [7, 11) is 5.28. The normalized spacial score (nSPS) is 16.8. The molecule has 1 aliphatic rings. The van der Waals surface area contributed by atoms with Crippen molar-refractivity contribution in [1.82, 2.24) is 25.1 Å². The highest BCUT2D eigenvalue weighted by molar-refractivity contribution is 6.08. The smallest absolute Gasteiger partial charge is 0.334 e. The van der Waals surface area contributed by atoms with Gasteiger partial charge >= 0.3 is 12.2 Å². The van der Waals surface area contributed by atoms with Crippen LogP contribution < -0.4 is 5.32 Å². The quantitative estimate of drug-likeness (QED) is 0.674. The second-order valence-corrected chi connectivity index (χ2v) is 8.84. The van der Waals surface area contributed by atoms with E-state index >= 15 is 0 Å². The van der Waals surface area contributed by atoms with Gasteiger partial charge in [0.2, 0.25) is 5.91 Å². The van der Waals surface area contributed by atoms with Crippen LogP contribution in [-0.2, 0) is 11.0 Å². The molecule has 3 amide bonds. The Balaban J connectivity index is 1.79. The Morgan fingerprint density at radius 2 is 1.80 bits per heavy atom. The maximum absolute atomic E-state index is 13.0. The Bertz CT molecular complexity index is 1080. The first kappa shape index (κ1) is 26.1. The Labute approximate surface area is 202 Å². The van der Waals surface area contributed by atoms with Gasteiger partial charge in [0.25, 0.3) is 0 Å². The van der Waals surface area contributed by atoms with Crippen molar-refractivity contribution in [3.05, 3.63) is 65.0 Å². The van der Waals surface area contributed by atoms with Crippen LogP contribution in [0.1, 0.15) is 35.3 Å². The van der Waals surface area contributed by atoms with Crippen molar-refractivity contribution in [1.29, 1.82) is 0 Å². The van der Waals surface area contributed by atoms with E-state index in [-0.39, 0.29) is 19.0 Å². The minimum absolute atomic E-state index is 0.119. The predicted molar refractivity (Wildman–Crippen MR) is 126 cm³/mol. The second kappa shape index (κ2) is 10.4. The highest BCUT2D eigenvalue weighted by Crippen LogP contribution is 2.28. The third-order valence-corrected chi connectivity index (χ3v) is 5.70. The molecule has 2 atom stereocenters. The number of aryl methyl sites for hydroxylation is 1. The van der Waals surface area contributed by atoms with Crippen molar-refractivity contribution >= 4 is 17.6 Å². The van der Waals surface area contributed by atoms with Crippen LogP contribution in [0.2, 0.25) is 0 Å². The molecule has 0 aliphatic carbocycles. The Morgan fingerprint density at radius 1 is 1.14 bits per heavy atom. The molecule has 1 unspecified atom stereocenters. The summed E-state index contributed by atoms with van der Waals surface area (Å²) in [5, 5.41) is 8.50. The van der Waals surface area contributed by atoms with Gasteiger partial charge in [0, 0.05) is 13.2 Å². The molecule has 1 aromatic carbocycles. The van der Waals surface area contributed by atoms with Crippen LogP contribution in [0.15, 0.2) is 47.7 Å². The van der Waals surface area contributed by atoms with Crippen molar-refractivity contribution in [3.63, 3.8) is 0 Å². The van der Waals surface area contributed by atoms with E-state index < -0.39 is 30.0 Å². The molecule has 3 rings (SSSR count). The number of carbonyl (C=O) groups is 2. The van der Waals surface area contributed by atoms with Crippen LogP contribution in [-0.4, -0.2) is 77.7 Å². The number of likely N-dealkylation sites (N-methyl/N-ethyl adjacent to an activating group) is 2. The number of hydrazone groups is 1. The van der Waals surface area contributed by atoms with E-state index in [0.29, 0.717) is 11.3 Å². The van der Waals surface area contributed by atoms with Crippen LogP contribution >= 0.6 is 0 Å². The zero-order valence-corrected chi connectivity index (χ0v) is 20.3. The standard InChI is InChI=1S/C24H29F3N6O2/c1-15-6-8-17(9-7-15)22-19(32(5)21(34)14-31(3)4)13-33(30-22)23(35)29-16(2)18-10-11-20(28-12-18)24(25,26)27/h6-12,16,19H,13-14H2,1-5H3,(H,29,35)/t16?,19-/m0/s1. The number of nitrogens with one attached hydrogen (secondary N) is 1. The first-order valence-corrected chi connectivity index (χ1v) is 11.0. The van der Waals surface area contributed by atoms with E-state index in [1.807, 2.05) is 31.2 Å². The molecule has 0 saturated carbocycles. The first-order valence-electron chi connectivity index (χ1n) is 11.0. The van der Waals surface area contributed by atoms with Crippen molar-refractivity contribution in [2.24, 2.45) is 5.10 Å². The molecule has 2 aromatic rings. The van der Waals surface area contributed by atoms with E-state index in [2.05, 4.69) is 15.4 Å². The van der Waals surface area contributed by atoms with E-state index in [1.54, 1.807) is 37.9 Å². The molecule has 1 N–H and O–H groups in total. The third kappa shape index (κ3) is 6.36. The van der Waals surface area contributed by atoms with Gasteiger partial charge in [-0.2, -0.15) is 18.3 Å². The van der Waals surface area contributed by atoms with Crippen molar-refractivity contribution < 1.29 is 22.8 Å². The van der Waals surface area contributed by atoms with Gasteiger partial charge in [-0.15, -0.1) is 0 Å². The largest absolute Gasteiger partial charge is 0.433 e. The Hall–Kier alpha value is -3.47. The van der Waals surface area contributed by atoms with Crippen molar-refractivity contribution in [3.8, 4) is 0 Å². The summed E-state index contributed by atoms with van der Waals surface area (Å²) in [6.45, 7) is 3.95. The topological polar surface area (TPSA) is 81.1 Å². The average Bonchev–Trinajstić information content (AvgIpc) is 3.23. The number of amides is 3. The fourth-order valence-electron chi connectivity index (χ4n) is 3.62. The van der Waals surface area contributed by atoms with Gasteiger partial charge in [-0.05, 0) is 45.1 Å². The van der Waals surface area contributed by atoms with Gasteiger partial charge in [-0.3, -0.25) is 9.78 Å². The number of hydrogen-bond donors (Lipinski definition) is 1. The fraction of sp³-hybridized carbons (Fsp3) is 0.417.